The summed E-state index contributed by atoms with van der Waals surface area (Å²) in [6.07, 6.45) is -4.93. The number of carboxylic acids is 1. The molecule has 9 heteroatoms. The molecule has 6 nitrogen and oxygen atoms in total. The summed E-state index contributed by atoms with van der Waals surface area (Å²) in [5.74, 6) is -6.14. The van der Waals surface area contributed by atoms with Gasteiger partial charge in [0.05, 0.1) is 12.6 Å². The number of amides is 2. The Hall–Kier alpha value is -1.64. The Kier molecular flexibility index (Phi) is 3.95. The fraction of sp³-hybridized carbons (Fsp3) is 0.667. The van der Waals surface area contributed by atoms with Crippen LogP contribution in [0.15, 0.2) is 0 Å². The summed E-state index contributed by atoms with van der Waals surface area (Å²) in [5.41, 5.74) is 0. The average molecular weight is 268 g/mol. The van der Waals surface area contributed by atoms with E-state index in [0.717, 1.165) is 4.90 Å². The number of piperazine rings is 1. The van der Waals surface area contributed by atoms with E-state index in [4.69, 9.17) is 5.11 Å². The van der Waals surface area contributed by atoms with E-state index in [2.05, 4.69) is 0 Å². The van der Waals surface area contributed by atoms with E-state index < -0.39 is 49.0 Å². The number of halogens is 3. The van der Waals surface area contributed by atoms with Crippen molar-refractivity contribution in [3.05, 3.63) is 0 Å². The van der Waals surface area contributed by atoms with Gasteiger partial charge in [0.15, 0.2) is 5.92 Å². The van der Waals surface area contributed by atoms with Crippen molar-refractivity contribution in [3.63, 3.8) is 0 Å². The van der Waals surface area contributed by atoms with Crippen LogP contribution < -0.4 is 5.32 Å². The molecular weight excluding hydrogens is 257 g/mol. The molecule has 2 amide bonds. The van der Waals surface area contributed by atoms with Crippen LogP contribution in [-0.4, -0.2) is 53.1 Å². The van der Waals surface area contributed by atoms with Crippen LogP contribution in [0.5, 0.6) is 0 Å². The van der Waals surface area contributed by atoms with Crippen molar-refractivity contribution in [2.75, 3.05) is 13.1 Å². The van der Waals surface area contributed by atoms with Gasteiger partial charge in [-0.05, 0) is 6.92 Å². The summed E-state index contributed by atoms with van der Waals surface area (Å²) in [7, 11) is 0. The molecule has 0 bridgehead atoms. The zero-order chi connectivity index (χ0) is 14.1. The maximum atomic E-state index is 12.5. The van der Waals surface area contributed by atoms with Gasteiger partial charge in [-0.25, -0.2) is 0 Å². The molecular formula is C9H11F3N2O4. The van der Waals surface area contributed by atoms with Gasteiger partial charge in [0, 0.05) is 6.54 Å². The average Bonchev–Trinajstić information content (AvgIpc) is 2.18. The summed E-state index contributed by atoms with van der Waals surface area (Å²) in [4.78, 5) is 33.7. The quantitative estimate of drug-likeness (QED) is 0.680. The highest BCUT2D eigenvalue weighted by molar-refractivity contribution is 6.00. The van der Waals surface area contributed by atoms with Crippen LogP contribution in [0.1, 0.15) is 6.92 Å². The van der Waals surface area contributed by atoms with Crippen LogP contribution in [0.2, 0.25) is 0 Å². The van der Waals surface area contributed by atoms with Gasteiger partial charge < -0.3 is 5.11 Å². The van der Waals surface area contributed by atoms with E-state index >= 15 is 0 Å². The molecule has 2 atom stereocenters. The molecule has 18 heavy (non-hydrogen) atoms. The van der Waals surface area contributed by atoms with Crippen LogP contribution in [0.25, 0.3) is 0 Å². The Balaban J connectivity index is 2.83. The third-order valence-corrected chi connectivity index (χ3v) is 2.65. The second-order valence-electron chi connectivity index (χ2n) is 3.95. The van der Waals surface area contributed by atoms with Gasteiger partial charge in [0.1, 0.15) is 0 Å². The SMILES string of the molecule is CC1C(=O)NC(=O)CN1CC(C(=O)O)C(F)(F)F. The van der Waals surface area contributed by atoms with Crippen molar-refractivity contribution in [1.82, 2.24) is 10.2 Å². The van der Waals surface area contributed by atoms with Crippen molar-refractivity contribution in [1.29, 1.82) is 0 Å². The maximum Gasteiger partial charge on any atom is 0.403 e. The van der Waals surface area contributed by atoms with Gasteiger partial charge in [-0.1, -0.05) is 0 Å². The lowest BCUT2D eigenvalue weighted by Gasteiger charge is -2.33. The smallest absolute Gasteiger partial charge is 0.403 e. The minimum atomic E-state index is -4.93. The number of nitrogens with zero attached hydrogens (tertiary/aromatic N) is 1. The first-order chi connectivity index (χ1) is 8.12. The molecule has 1 aliphatic heterocycles. The fourth-order valence-corrected chi connectivity index (χ4v) is 1.55. The first-order valence-electron chi connectivity index (χ1n) is 5.00. The topological polar surface area (TPSA) is 86.7 Å². The predicted octanol–water partition coefficient (Wildman–Crippen LogP) is -0.404. The Morgan fingerprint density at radius 3 is 2.56 bits per heavy atom. The van der Waals surface area contributed by atoms with Crippen molar-refractivity contribution in [2.45, 2.75) is 19.1 Å². The fourth-order valence-electron chi connectivity index (χ4n) is 1.55. The molecule has 0 aromatic rings. The van der Waals surface area contributed by atoms with Gasteiger partial charge in [0.2, 0.25) is 11.8 Å². The van der Waals surface area contributed by atoms with Crippen LogP contribution in [0.4, 0.5) is 13.2 Å². The zero-order valence-electron chi connectivity index (χ0n) is 9.32. The van der Waals surface area contributed by atoms with Crippen LogP contribution in [-0.2, 0) is 14.4 Å². The number of nitrogens with one attached hydrogen (secondary N) is 1. The first kappa shape index (κ1) is 14.4. The predicted molar refractivity (Wildman–Crippen MR) is 51.4 cm³/mol. The van der Waals surface area contributed by atoms with Gasteiger partial charge in [0.25, 0.3) is 0 Å². The Labute approximate surface area is 99.7 Å². The lowest BCUT2D eigenvalue weighted by Crippen LogP contribution is -2.59. The van der Waals surface area contributed by atoms with Crippen LogP contribution in [0.3, 0.4) is 0 Å². The molecule has 102 valence electrons. The highest BCUT2D eigenvalue weighted by atomic mass is 19.4. The van der Waals surface area contributed by atoms with E-state index in [1.165, 1.54) is 6.92 Å². The second kappa shape index (κ2) is 4.92. The van der Waals surface area contributed by atoms with E-state index in [1.807, 2.05) is 5.32 Å². The van der Waals surface area contributed by atoms with E-state index in [0.29, 0.717) is 0 Å². The third kappa shape index (κ3) is 3.19. The van der Waals surface area contributed by atoms with E-state index in [1.54, 1.807) is 0 Å². The molecule has 1 fully saturated rings. The van der Waals surface area contributed by atoms with Crippen molar-refractivity contribution < 1.29 is 32.7 Å². The maximum absolute atomic E-state index is 12.5. The first-order valence-corrected chi connectivity index (χ1v) is 5.00. The molecule has 0 saturated carbocycles. The molecule has 0 aliphatic carbocycles. The molecule has 0 radical (unpaired) electrons. The summed E-state index contributed by atoms with van der Waals surface area (Å²) < 4.78 is 37.4. The van der Waals surface area contributed by atoms with Crippen LogP contribution >= 0.6 is 0 Å². The zero-order valence-corrected chi connectivity index (χ0v) is 9.32. The molecule has 1 heterocycles. The molecule has 1 rings (SSSR count). The Bertz CT molecular complexity index is 382. The normalized spacial score (nSPS) is 23.7. The van der Waals surface area contributed by atoms with Gasteiger partial charge in [-0.15, -0.1) is 0 Å². The second-order valence-corrected chi connectivity index (χ2v) is 3.95. The van der Waals surface area contributed by atoms with Crippen LogP contribution in [0, 0.1) is 5.92 Å². The number of rotatable bonds is 3. The summed E-state index contributed by atoms with van der Waals surface area (Å²) in [6.45, 7) is -0.0665. The lowest BCUT2D eigenvalue weighted by atomic mass is 10.1. The Morgan fingerprint density at radius 1 is 1.56 bits per heavy atom. The molecule has 1 aliphatic rings. The molecule has 0 aromatic heterocycles. The summed E-state index contributed by atoms with van der Waals surface area (Å²) >= 11 is 0. The molecule has 2 unspecified atom stereocenters. The van der Waals surface area contributed by atoms with Gasteiger partial charge in [-0.3, -0.25) is 24.6 Å². The lowest BCUT2D eigenvalue weighted by molar-refractivity contribution is -0.198. The highest BCUT2D eigenvalue weighted by Gasteiger charge is 2.47. The minimum absolute atomic E-state index is 0.438. The summed E-state index contributed by atoms with van der Waals surface area (Å²) in [5, 5.41) is 10.5. The van der Waals surface area contributed by atoms with Gasteiger partial charge in [-0.2, -0.15) is 13.2 Å². The minimum Gasteiger partial charge on any atom is -0.481 e. The number of hydrogen-bond donors (Lipinski definition) is 2. The number of hydrogen-bond acceptors (Lipinski definition) is 4. The van der Waals surface area contributed by atoms with E-state index in [9.17, 15) is 27.6 Å². The summed E-state index contributed by atoms with van der Waals surface area (Å²) in [6, 6.07) is -0.980. The standard InChI is InChI=1S/C9H11F3N2O4/c1-4-7(16)13-6(15)3-14(4)2-5(8(17)18)9(10,11)12/h4-5H,2-3H2,1H3,(H,17,18)(H,13,15,16). The monoisotopic (exact) mass is 268 g/mol. The van der Waals surface area contributed by atoms with E-state index in [-0.39, 0.29) is 0 Å². The number of alkyl halides is 3. The van der Waals surface area contributed by atoms with Crippen molar-refractivity contribution in [3.8, 4) is 0 Å². The largest absolute Gasteiger partial charge is 0.481 e. The molecule has 0 spiro atoms. The van der Waals surface area contributed by atoms with Gasteiger partial charge >= 0.3 is 12.1 Å². The van der Waals surface area contributed by atoms with Crippen molar-refractivity contribution >= 4 is 17.8 Å². The number of carbonyl (C=O) groups excluding carboxylic acids is 2. The number of carboxylic acid groups (broad SMARTS) is 1. The number of imide groups is 1. The molecule has 2 N–H and O–H groups in total. The molecule has 1 saturated heterocycles. The number of carbonyl (C=O) groups is 3. The Morgan fingerprint density at radius 2 is 2.11 bits per heavy atom. The van der Waals surface area contributed by atoms with Crippen molar-refractivity contribution in [2.24, 2.45) is 5.92 Å². The number of aliphatic carboxylic acids is 1. The highest BCUT2D eigenvalue weighted by Crippen LogP contribution is 2.28. The third-order valence-electron chi connectivity index (χ3n) is 2.65. The molecule has 0 aromatic carbocycles.